The van der Waals surface area contributed by atoms with Crippen molar-refractivity contribution in [1.29, 1.82) is 0 Å². The van der Waals surface area contributed by atoms with Crippen molar-refractivity contribution in [2.24, 2.45) is 11.7 Å². The van der Waals surface area contributed by atoms with Crippen molar-refractivity contribution in [1.82, 2.24) is 9.88 Å². The van der Waals surface area contributed by atoms with Crippen LogP contribution in [0.15, 0.2) is 49.3 Å². The Morgan fingerprint density at radius 3 is 2.85 bits per heavy atom. The molecule has 1 atom stereocenters. The van der Waals surface area contributed by atoms with E-state index in [4.69, 9.17) is 10.5 Å². The minimum absolute atomic E-state index is 0.0512. The molecule has 3 N–H and O–H groups in total. The molecule has 1 fully saturated rings. The number of nitrogens with one attached hydrogen (secondary N) is 1. The number of carbonyl (C=O) groups excluding carboxylic acids is 1. The first kappa shape index (κ1) is 18.8. The first-order valence-corrected chi connectivity index (χ1v) is 9.17. The highest BCUT2D eigenvalue weighted by Crippen LogP contribution is 2.31. The largest absolute Gasteiger partial charge is 0.492 e. The molecule has 6 heteroatoms. The Morgan fingerprint density at radius 2 is 2.15 bits per heavy atom. The Labute approximate surface area is 160 Å². The molecular weight excluding hydrogens is 340 g/mol. The van der Waals surface area contributed by atoms with E-state index in [1.54, 1.807) is 24.5 Å². The molecule has 1 aromatic carbocycles. The number of amides is 1. The molecule has 1 aromatic heterocycles. The number of pyridine rings is 1. The third kappa shape index (κ3) is 4.39. The highest BCUT2D eigenvalue weighted by atomic mass is 16.5. The lowest BCUT2D eigenvalue weighted by molar-refractivity contribution is 0.0633. The lowest BCUT2D eigenvalue weighted by Gasteiger charge is -2.33. The van der Waals surface area contributed by atoms with Crippen molar-refractivity contribution < 1.29 is 9.53 Å². The van der Waals surface area contributed by atoms with Gasteiger partial charge in [-0.15, -0.1) is 0 Å². The zero-order chi connectivity index (χ0) is 19.2. The van der Waals surface area contributed by atoms with Gasteiger partial charge >= 0.3 is 0 Å². The second kappa shape index (κ2) is 8.58. The van der Waals surface area contributed by atoms with Gasteiger partial charge in [0.1, 0.15) is 5.75 Å². The molecule has 2 aromatic rings. The first-order valence-electron chi connectivity index (χ1n) is 9.17. The number of nitrogens with zero attached hydrogens (tertiary/aromatic N) is 2. The van der Waals surface area contributed by atoms with Crippen LogP contribution < -0.4 is 15.8 Å². The van der Waals surface area contributed by atoms with E-state index in [9.17, 15) is 4.79 Å². The van der Waals surface area contributed by atoms with E-state index in [0.717, 1.165) is 30.6 Å². The number of carbonyl (C=O) groups is 1. The van der Waals surface area contributed by atoms with Gasteiger partial charge in [0, 0.05) is 55.4 Å². The van der Waals surface area contributed by atoms with Crippen LogP contribution in [-0.4, -0.2) is 42.5 Å². The van der Waals surface area contributed by atoms with Gasteiger partial charge in [-0.1, -0.05) is 12.6 Å². The van der Waals surface area contributed by atoms with E-state index in [2.05, 4.69) is 16.9 Å². The summed E-state index contributed by atoms with van der Waals surface area (Å²) in [4.78, 5) is 18.5. The van der Waals surface area contributed by atoms with Gasteiger partial charge in [0.05, 0.1) is 12.2 Å². The second-order valence-electron chi connectivity index (χ2n) is 6.76. The van der Waals surface area contributed by atoms with Gasteiger partial charge in [-0.3, -0.25) is 9.78 Å². The predicted octanol–water partition coefficient (Wildman–Crippen LogP) is 2.98. The lowest BCUT2D eigenvalue weighted by atomic mass is 9.98. The molecule has 1 aliphatic rings. The normalized spacial score (nSPS) is 16.6. The van der Waals surface area contributed by atoms with Crippen LogP contribution in [0.4, 0.5) is 5.69 Å². The first-order chi connectivity index (χ1) is 13.1. The smallest absolute Gasteiger partial charge is 0.253 e. The summed E-state index contributed by atoms with van der Waals surface area (Å²) in [6, 6.07) is 9.27. The number of hydrogen-bond donors (Lipinski definition) is 2. The Balaban J connectivity index is 1.65. The second-order valence-corrected chi connectivity index (χ2v) is 6.76. The van der Waals surface area contributed by atoms with Gasteiger partial charge in [-0.2, -0.15) is 0 Å². The Morgan fingerprint density at radius 1 is 1.37 bits per heavy atom. The van der Waals surface area contributed by atoms with Crippen LogP contribution in [0.25, 0.3) is 5.70 Å². The summed E-state index contributed by atoms with van der Waals surface area (Å²) >= 11 is 0. The highest BCUT2D eigenvalue weighted by Gasteiger charge is 2.25. The number of benzene rings is 1. The molecule has 1 amide bonds. The van der Waals surface area contributed by atoms with E-state index >= 15 is 0 Å². The molecule has 0 spiro atoms. The standard InChI is InChI=1S/C21H26N4O2/c1-15(22)20-18(23-2)6-3-7-19(20)27-14-16-5-4-12-25(13-16)21(26)17-8-10-24-11-9-17/h3,6-11,16,23H,1,4-5,12-14,22H2,2H3. The minimum atomic E-state index is 0.0512. The maximum atomic E-state index is 12.7. The van der Waals surface area contributed by atoms with Crippen LogP contribution in [0.1, 0.15) is 28.8 Å². The van der Waals surface area contributed by atoms with Crippen LogP contribution in [-0.2, 0) is 0 Å². The topological polar surface area (TPSA) is 80.5 Å². The summed E-state index contributed by atoms with van der Waals surface area (Å²) < 4.78 is 6.09. The van der Waals surface area contributed by atoms with Crippen molar-refractivity contribution in [3.63, 3.8) is 0 Å². The van der Waals surface area contributed by atoms with Crippen molar-refractivity contribution in [2.75, 3.05) is 32.1 Å². The van der Waals surface area contributed by atoms with Gasteiger partial charge in [0.15, 0.2) is 0 Å². The van der Waals surface area contributed by atoms with E-state index in [0.29, 0.717) is 30.2 Å². The third-order valence-corrected chi connectivity index (χ3v) is 4.82. The zero-order valence-corrected chi connectivity index (χ0v) is 15.6. The quantitative estimate of drug-likeness (QED) is 0.821. The van der Waals surface area contributed by atoms with Crippen molar-refractivity contribution in [3.05, 3.63) is 60.4 Å². The number of hydrogen-bond acceptors (Lipinski definition) is 5. The molecular formula is C21H26N4O2. The zero-order valence-electron chi connectivity index (χ0n) is 15.6. The van der Waals surface area contributed by atoms with Crippen LogP contribution in [0, 0.1) is 5.92 Å². The van der Waals surface area contributed by atoms with E-state index < -0.39 is 0 Å². The van der Waals surface area contributed by atoms with Crippen LogP contribution in [0.2, 0.25) is 0 Å². The number of nitrogens with two attached hydrogens (primary N) is 1. The van der Waals surface area contributed by atoms with E-state index in [1.165, 1.54) is 0 Å². The Hall–Kier alpha value is -3.02. The summed E-state index contributed by atoms with van der Waals surface area (Å²) in [6.07, 6.45) is 5.30. The number of rotatable bonds is 6. The molecule has 0 saturated carbocycles. The molecule has 1 saturated heterocycles. The number of likely N-dealkylation sites (tertiary alicyclic amines) is 1. The average Bonchev–Trinajstić information content (AvgIpc) is 2.72. The van der Waals surface area contributed by atoms with Gasteiger partial charge in [-0.05, 0) is 37.1 Å². The summed E-state index contributed by atoms with van der Waals surface area (Å²) in [7, 11) is 1.84. The van der Waals surface area contributed by atoms with E-state index in [-0.39, 0.29) is 11.8 Å². The highest BCUT2D eigenvalue weighted by molar-refractivity contribution is 5.94. The SMILES string of the molecule is C=C(N)c1c(NC)cccc1OCC1CCCN(C(=O)c2ccncc2)C1. The predicted molar refractivity (Wildman–Crippen MR) is 108 cm³/mol. The number of anilines is 1. The minimum Gasteiger partial charge on any atom is -0.492 e. The molecule has 6 nitrogen and oxygen atoms in total. The van der Waals surface area contributed by atoms with Crippen LogP contribution in [0.3, 0.4) is 0 Å². The van der Waals surface area contributed by atoms with Gasteiger partial charge in [-0.25, -0.2) is 0 Å². The summed E-state index contributed by atoms with van der Waals surface area (Å²) in [5.41, 5.74) is 8.77. The van der Waals surface area contributed by atoms with Crippen molar-refractivity contribution >= 4 is 17.3 Å². The molecule has 1 aliphatic heterocycles. The van der Waals surface area contributed by atoms with Gasteiger partial charge < -0.3 is 20.7 Å². The average molecular weight is 366 g/mol. The number of ether oxygens (including phenoxy) is 1. The number of aromatic nitrogens is 1. The molecule has 0 bridgehead atoms. The maximum Gasteiger partial charge on any atom is 0.253 e. The molecule has 142 valence electrons. The Kier molecular flexibility index (Phi) is 5.96. The monoisotopic (exact) mass is 366 g/mol. The number of piperidine rings is 1. The molecule has 1 unspecified atom stereocenters. The summed E-state index contributed by atoms with van der Waals surface area (Å²) in [6.45, 7) is 5.86. The fraction of sp³-hybridized carbons (Fsp3) is 0.333. The Bertz CT molecular complexity index is 807. The summed E-state index contributed by atoms with van der Waals surface area (Å²) in [5.74, 6) is 1.05. The molecule has 2 heterocycles. The van der Waals surface area contributed by atoms with E-state index in [1.807, 2.05) is 30.1 Å². The molecule has 3 rings (SSSR count). The van der Waals surface area contributed by atoms with Crippen molar-refractivity contribution in [3.8, 4) is 5.75 Å². The van der Waals surface area contributed by atoms with Gasteiger partial charge in [0.25, 0.3) is 5.91 Å². The van der Waals surface area contributed by atoms with Crippen LogP contribution in [0.5, 0.6) is 5.75 Å². The van der Waals surface area contributed by atoms with Crippen molar-refractivity contribution in [2.45, 2.75) is 12.8 Å². The fourth-order valence-electron chi connectivity index (χ4n) is 3.46. The molecule has 0 aliphatic carbocycles. The molecule has 0 radical (unpaired) electrons. The van der Waals surface area contributed by atoms with Crippen LogP contribution >= 0.6 is 0 Å². The molecule has 27 heavy (non-hydrogen) atoms. The lowest BCUT2D eigenvalue weighted by Crippen LogP contribution is -2.41. The third-order valence-electron chi connectivity index (χ3n) is 4.82. The van der Waals surface area contributed by atoms with Gasteiger partial charge in [0.2, 0.25) is 0 Å². The summed E-state index contributed by atoms with van der Waals surface area (Å²) in [5, 5.41) is 3.12. The fourth-order valence-corrected chi connectivity index (χ4v) is 3.46. The maximum absolute atomic E-state index is 12.7.